The number of benzene rings is 2. The highest BCUT2D eigenvalue weighted by atomic mass is 16.5. The van der Waals surface area contributed by atoms with Crippen LogP contribution in [-0.2, 0) is 0 Å². The second-order valence-corrected chi connectivity index (χ2v) is 5.52. The van der Waals surface area contributed by atoms with Gasteiger partial charge in [0.1, 0.15) is 0 Å². The fraction of sp³-hybridized carbons (Fsp3) is 0.211. The van der Waals surface area contributed by atoms with Gasteiger partial charge in [0.05, 0.1) is 18.8 Å². The van der Waals surface area contributed by atoms with Crippen molar-refractivity contribution in [3.8, 4) is 17.1 Å². The van der Waals surface area contributed by atoms with E-state index < -0.39 is 0 Å². The zero-order chi connectivity index (χ0) is 16.2. The van der Waals surface area contributed by atoms with E-state index in [1.54, 1.807) is 7.11 Å². The molecule has 4 heteroatoms. The maximum Gasteiger partial charge on any atom is 0.238 e. The maximum absolute atomic E-state index is 5.40. The minimum absolute atomic E-state index is 0.127. The van der Waals surface area contributed by atoms with Crippen molar-refractivity contribution in [1.82, 2.24) is 9.89 Å². The van der Waals surface area contributed by atoms with E-state index >= 15 is 0 Å². The average Bonchev–Trinajstić information content (AvgIpc) is 2.91. The van der Waals surface area contributed by atoms with Crippen molar-refractivity contribution in [3.63, 3.8) is 0 Å². The smallest absolute Gasteiger partial charge is 0.238 e. The molecule has 23 heavy (non-hydrogen) atoms. The summed E-state index contributed by atoms with van der Waals surface area (Å²) in [5, 5.41) is 4.55. The third-order valence-corrected chi connectivity index (χ3v) is 3.93. The molecule has 0 aliphatic rings. The number of nitrogens with one attached hydrogen (secondary N) is 1. The molecule has 1 aromatic heterocycles. The third kappa shape index (κ3) is 3.06. The molecule has 0 spiro atoms. The molecule has 0 aliphatic carbocycles. The Bertz CT molecular complexity index is 766. The molecule has 1 atom stereocenters. The lowest BCUT2D eigenvalue weighted by molar-refractivity contribution is 0.388. The number of hydrogen-bond acceptors (Lipinski definition) is 3. The lowest BCUT2D eigenvalue weighted by Gasteiger charge is -2.17. The molecule has 1 heterocycles. The molecular formula is C19H21N3O. The van der Waals surface area contributed by atoms with Crippen LogP contribution in [0.2, 0.25) is 0 Å². The van der Waals surface area contributed by atoms with Crippen molar-refractivity contribution in [2.75, 3.05) is 12.5 Å². The highest BCUT2D eigenvalue weighted by molar-refractivity contribution is 5.65. The molecule has 0 bridgehead atoms. The summed E-state index contributed by atoms with van der Waals surface area (Å²) in [5.41, 5.74) is 7.80. The standard InChI is InChI=1S/C19H21N3O/c1-14-18(17-12-8-5-9-13-17)22(21-19(14)23-3)20-15(2)16-10-6-4-7-11-16/h4-13,15,20H,1-3H3. The Labute approximate surface area is 136 Å². The normalized spacial score (nSPS) is 12.0. The second kappa shape index (κ2) is 6.57. The number of ether oxygens (including phenoxy) is 1. The highest BCUT2D eigenvalue weighted by Gasteiger charge is 2.18. The number of aromatic nitrogens is 2. The van der Waals surface area contributed by atoms with Crippen LogP contribution in [-0.4, -0.2) is 17.0 Å². The van der Waals surface area contributed by atoms with Crippen LogP contribution in [0.25, 0.3) is 11.3 Å². The van der Waals surface area contributed by atoms with Crippen molar-refractivity contribution in [1.29, 1.82) is 0 Å². The Morgan fingerprint density at radius 2 is 1.61 bits per heavy atom. The molecule has 0 saturated carbocycles. The van der Waals surface area contributed by atoms with Gasteiger partial charge in [-0.05, 0) is 19.4 Å². The number of hydrogen-bond donors (Lipinski definition) is 1. The molecule has 3 aromatic rings. The molecular weight excluding hydrogens is 286 g/mol. The molecule has 118 valence electrons. The van der Waals surface area contributed by atoms with Gasteiger partial charge < -0.3 is 10.2 Å². The quantitative estimate of drug-likeness (QED) is 0.769. The summed E-state index contributed by atoms with van der Waals surface area (Å²) in [7, 11) is 1.65. The topological polar surface area (TPSA) is 39.1 Å². The Kier molecular flexibility index (Phi) is 4.33. The number of methoxy groups -OCH3 is 1. The van der Waals surface area contributed by atoms with E-state index in [0.717, 1.165) is 16.8 Å². The van der Waals surface area contributed by atoms with Gasteiger partial charge in [0, 0.05) is 11.1 Å². The van der Waals surface area contributed by atoms with Crippen LogP contribution >= 0.6 is 0 Å². The summed E-state index contributed by atoms with van der Waals surface area (Å²) >= 11 is 0. The van der Waals surface area contributed by atoms with E-state index in [2.05, 4.69) is 41.7 Å². The summed E-state index contributed by atoms with van der Waals surface area (Å²) in [6.07, 6.45) is 0. The van der Waals surface area contributed by atoms with Crippen LogP contribution < -0.4 is 10.2 Å². The maximum atomic E-state index is 5.40. The van der Waals surface area contributed by atoms with E-state index in [0.29, 0.717) is 5.88 Å². The molecule has 3 rings (SSSR count). The van der Waals surface area contributed by atoms with Gasteiger partial charge in [0.15, 0.2) is 0 Å². The van der Waals surface area contributed by atoms with Crippen molar-refractivity contribution in [3.05, 3.63) is 71.8 Å². The minimum Gasteiger partial charge on any atom is -0.480 e. The highest BCUT2D eigenvalue weighted by Crippen LogP contribution is 2.29. The fourth-order valence-electron chi connectivity index (χ4n) is 2.70. The monoisotopic (exact) mass is 307 g/mol. The molecule has 4 nitrogen and oxygen atoms in total. The van der Waals surface area contributed by atoms with Gasteiger partial charge in [-0.15, -0.1) is 5.10 Å². The lowest BCUT2D eigenvalue weighted by atomic mass is 10.1. The van der Waals surface area contributed by atoms with Gasteiger partial charge >= 0.3 is 0 Å². The summed E-state index contributed by atoms with van der Waals surface area (Å²) in [6, 6.07) is 20.7. The van der Waals surface area contributed by atoms with Crippen molar-refractivity contribution >= 4 is 0 Å². The fourth-order valence-corrected chi connectivity index (χ4v) is 2.70. The SMILES string of the molecule is COc1nn(NC(C)c2ccccc2)c(-c2ccccc2)c1C. The van der Waals surface area contributed by atoms with Crippen molar-refractivity contribution < 1.29 is 4.74 Å². The lowest BCUT2D eigenvalue weighted by Crippen LogP contribution is -2.21. The molecule has 0 amide bonds. The van der Waals surface area contributed by atoms with Gasteiger partial charge in [-0.25, -0.2) is 0 Å². The van der Waals surface area contributed by atoms with E-state index in [9.17, 15) is 0 Å². The summed E-state index contributed by atoms with van der Waals surface area (Å²) in [6.45, 7) is 4.15. The van der Waals surface area contributed by atoms with Gasteiger partial charge in [-0.2, -0.15) is 4.79 Å². The summed E-state index contributed by atoms with van der Waals surface area (Å²) < 4.78 is 5.40. The van der Waals surface area contributed by atoms with Crippen LogP contribution in [0.1, 0.15) is 24.1 Å². The van der Waals surface area contributed by atoms with Crippen LogP contribution in [0.5, 0.6) is 5.88 Å². The van der Waals surface area contributed by atoms with Gasteiger partial charge in [-0.3, -0.25) is 0 Å². The van der Waals surface area contributed by atoms with Gasteiger partial charge in [0.25, 0.3) is 0 Å². The van der Waals surface area contributed by atoms with E-state index in [1.807, 2.05) is 48.1 Å². The number of nitrogens with zero attached hydrogens (tertiary/aromatic N) is 2. The first-order valence-electron chi connectivity index (χ1n) is 7.71. The molecule has 1 N–H and O–H groups in total. The predicted molar refractivity (Wildman–Crippen MR) is 93.2 cm³/mol. The van der Waals surface area contributed by atoms with Crippen LogP contribution in [0.15, 0.2) is 60.7 Å². The summed E-state index contributed by atoms with van der Waals surface area (Å²) in [5.74, 6) is 0.636. The van der Waals surface area contributed by atoms with Crippen LogP contribution in [0.3, 0.4) is 0 Å². The van der Waals surface area contributed by atoms with Gasteiger partial charge in [-0.1, -0.05) is 60.7 Å². The van der Waals surface area contributed by atoms with E-state index in [-0.39, 0.29) is 6.04 Å². The number of rotatable bonds is 5. The first-order chi connectivity index (χ1) is 11.2. The molecule has 0 fully saturated rings. The van der Waals surface area contributed by atoms with Crippen molar-refractivity contribution in [2.24, 2.45) is 0 Å². The molecule has 0 radical (unpaired) electrons. The molecule has 0 saturated heterocycles. The van der Waals surface area contributed by atoms with E-state index in [1.165, 1.54) is 5.56 Å². The molecule has 0 aliphatic heterocycles. The predicted octanol–water partition coefficient (Wildman–Crippen LogP) is 4.17. The van der Waals surface area contributed by atoms with Crippen molar-refractivity contribution in [2.45, 2.75) is 19.9 Å². The van der Waals surface area contributed by atoms with Crippen LogP contribution in [0, 0.1) is 6.92 Å². The Hall–Kier alpha value is -2.75. The summed E-state index contributed by atoms with van der Waals surface area (Å²) in [4.78, 5) is 1.82. The average molecular weight is 307 g/mol. The van der Waals surface area contributed by atoms with E-state index in [4.69, 9.17) is 4.74 Å². The third-order valence-electron chi connectivity index (χ3n) is 3.93. The Balaban J connectivity index is 1.99. The first kappa shape index (κ1) is 15.2. The molecule has 2 aromatic carbocycles. The Morgan fingerprint density at radius 3 is 2.22 bits per heavy atom. The zero-order valence-corrected chi connectivity index (χ0v) is 13.7. The van der Waals surface area contributed by atoms with Crippen LogP contribution in [0.4, 0.5) is 0 Å². The van der Waals surface area contributed by atoms with Gasteiger partial charge in [0.2, 0.25) is 5.88 Å². The zero-order valence-electron chi connectivity index (χ0n) is 13.7. The minimum atomic E-state index is 0.127. The Morgan fingerprint density at radius 1 is 1.00 bits per heavy atom. The first-order valence-corrected chi connectivity index (χ1v) is 7.71. The largest absolute Gasteiger partial charge is 0.480 e. The molecule has 1 unspecified atom stereocenters. The second-order valence-electron chi connectivity index (χ2n) is 5.52.